The Hall–Kier alpha value is -3.17. The zero-order valence-corrected chi connectivity index (χ0v) is 20.4. The largest absolute Gasteiger partial charge is 0.487 e. The molecule has 7 nitrogen and oxygen atoms in total. The molecule has 0 fully saturated rings. The summed E-state index contributed by atoms with van der Waals surface area (Å²) in [6.07, 6.45) is 1.84. The van der Waals surface area contributed by atoms with Crippen LogP contribution >= 0.6 is 27.5 Å². The molecule has 0 saturated carbocycles. The topological polar surface area (TPSA) is 74.0 Å². The Labute approximate surface area is 203 Å². The van der Waals surface area contributed by atoms with Crippen molar-refractivity contribution in [2.24, 2.45) is 7.05 Å². The van der Waals surface area contributed by atoms with E-state index in [-0.39, 0.29) is 11.6 Å². The molecular formula is C23H20BrClFN5O2. The Morgan fingerprint density at radius 1 is 1.18 bits per heavy atom. The molecule has 10 heteroatoms. The van der Waals surface area contributed by atoms with Crippen molar-refractivity contribution in [3.05, 3.63) is 86.6 Å². The number of nitrogens with one attached hydrogen (secondary N) is 1. The van der Waals surface area contributed by atoms with Gasteiger partial charge in [0.15, 0.2) is 5.82 Å². The molecule has 1 N–H and O–H groups in total. The first-order chi connectivity index (χ1) is 15.7. The van der Waals surface area contributed by atoms with Crippen LogP contribution in [0.15, 0.2) is 53.1 Å². The quantitative estimate of drug-likeness (QED) is 0.350. The summed E-state index contributed by atoms with van der Waals surface area (Å²) < 4.78 is 24.5. The predicted octanol–water partition coefficient (Wildman–Crippen LogP) is 5.61. The molecule has 0 atom stereocenters. The highest BCUT2D eigenvalue weighted by Gasteiger charge is 2.15. The van der Waals surface area contributed by atoms with Gasteiger partial charge >= 0.3 is 0 Å². The fourth-order valence-corrected chi connectivity index (χ4v) is 3.88. The third-order valence-electron chi connectivity index (χ3n) is 4.98. The second-order valence-corrected chi connectivity index (χ2v) is 8.66. The Morgan fingerprint density at radius 3 is 2.48 bits per heavy atom. The molecule has 4 aromatic rings. The lowest BCUT2D eigenvalue weighted by atomic mass is 10.2. The fraction of sp³-hybridized carbons (Fsp3) is 0.174. The average molecular weight is 533 g/mol. The number of aromatic nitrogens is 4. The number of carbonyl (C=O) groups excluding carboxylic acids is 1. The summed E-state index contributed by atoms with van der Waals surface area (Å²) >= 11 is 9.59. The van der Waals surface area contributed by atoms with E-state index >= 15 is 0 Å². The number of amides is 1. The number of carbonyl (C=O) groups is 1. The first kappa shape index (κ1) is 23.0. The summed E-state index contributed by atoms with van der Waals surface area (Å²) in [5.41, 5.74) is 3.02. The first-order valence-electron chi connectivity index (χ1n) is 9.97. The van der Waals surface area contributed by atoms with Gasteiger partial charge in [0, 0.05) is 24.5 Å². The summed E-state index contributed by atoms with van der Waals surface area (Å²) in [5.74, 6) is -0.294. The molecule has 0 radical (unpaired) electrons. The molecule has 2 aromatic carbocycles. The Bertz CT molecular complexity index is 1330. The Balaban J connectivity index is 1.42. The molecule has 170 valence electrons. The van der Waals surface area contributed by atoms with Crippen molar-refractivity contribution >= 4 is 39.1 Å². The van der Waals surface area contributed by atoms with Crippen LogP contribution in [0.1, 0.15) is 27.4 Å². The average Bonchev–Trinajstić information content (AvgIpc) is 3.24. The van der Waals surface area contributed by atoms with E-state index in [9.17, 15) is 9.18 Å². The second kappa shape index (κ2) is 9.36. The fourth-order valence-electron chi connectivity index (χ4n) is 3.28. The lowest BCUT2D eigenvalue weighted by Crippen LogP contribution is -2.12. The molecule has 0 bridgehead atoms. The number of ether oxygens (including phenoxy) is 1. The molecule has 1 amide bonds. The minimum atomic E-state index is -0.528. The van der Waals surface area contributed by atoms with Crippen LogP contribution in [0.5, 0.6) is 5.75 Å². The summed E-state index contributed by atoms with van der Waals surface area (Å²) in [6.45, 7) is 3.81. The van der Waals surface area contributed by atoms with Gasteiger partial charge in [-0.2, -0.15) is 10.2 Å². The number of anilines is 1. The van der Waals surface area contributed by atoms with E-state index in [1.165, 1.54) is 10.7 Å². The maximum absolute atomic E-state index is 14.7. The predicted molar refractivity (Wildman–Crippen MR) is 128 cm³/mol. The Kier molecular flexibility index (Phi) is 6.53. The zero-order valence-electron chi connectivity index (χ0n) is 18.1. The SMILES string of the molecule is Cc1nn(-c2ccc(NC(=O)c3ccc(OCc4nn(C)cc4Br)cc3)cc2F)c(C)c1Cl. The molecule has 0 aliphatic rings. The number of hydrogen-bond donors (Lipinski definition) is 1. The van der Waals surface area contributed by atoms with Crippen molar-refractivity contribution in [3.63, 3.8) is 0 Å². The minimum absolute atomic E-state index is 0.251. The number of hydrogen-bond acceptors (Lipinski definition) is 4. The van der Waals surface area contributed by atoms with Gasteiger partial charge in [-0.25, -0.2) is 9.07 Å². The maximum atomic E-state index is 14.7. The number of rotatable bonds is 6. The first-order valence-corrected chi connectivity index (χ1v) is 11.1. The van der Waals surface area contributed by atoms with Gasteiger partial charge in [0.1, 0.15) is 23.7 Å². The van der Waals surface area contributed by atoms with Gasteiger partial charge < -0.3 is 10.1 Å². The lowest BCUT2D eigenvalue weighted by Gasteiger charge is -2.10. The van der Waals surface area contributed by atoms with E-state index in [0.29, 0.717) is 40.0 Å². The van der Waals surface area contributed by atoms with Crippen LogP contribution in [-0.4, -0.2) is 25.5 Å². The third-order valence-corrected chi connectivity index (χ3v) is 6.19. The molecule has 33 heavy (non-hydrogen) atoms. The van der Waals surface area contributed by atoms with Gasteiger partial charge in [-0.05, 0) is 72.2 Å². The van der Waals surface area contributed by atoms with Crippen LogP contribution in [0, 0.1) is 19.7 Å². The summed E-state index contributed by atoms with van der Waals surface area (Å²) in [7, 11) is 1.83. The standard InChI is InChI=1S/C23H20BrClFN5O2/c1-13-22(25)14(2)31(28-13)21-9-6-16(10-19(21)26)27-23(32)15-4-7-17(8-5-15)33-12-20-18(24)11-30(3)29-20/h4-11H,12H2,1-3H3,(H,27,32). The number of nitrogens with zero attached hydrogens (tertiary/aromatic N) is 4. The van der Waals surface area contributed by atoms with Crippen LogP contribution in [0.3, 0.4) is 0 Å². The smallest absolute Gasteiger partial charge is 0.255 e. The van der Waals surface area contributed by atoms with E-state index in [1.807, 2.05) is 13.2 Å². The van der Waals surface area contributed by atoms with Crippen molar-refractivity contribution < 1.29 is 13.9 Å². The van der Waals surface area contributed by atoms with Crippen molar-refractivity contribution in [2.45, 2.75) is 20.5 Å². The minimum Gasteiger partial charge on any atom is -0.487 e. The summed E-state index contributed by atoms with van der Waals surface area (Å²) in [4.78, 5) is 12.6. The van der Waals surface area contributed by atoms with Gasteiger partial charge in [-0.15, -0.1) is 0 Å². The molecule has 0 saturated heterocycles. The van der Waals surface area contributed by atoms with E-state index in [1.54, 1.807) is 54.9 Å². The molecule has 0 unspecified atom stereocenters. The molecule has 0 aliphatic heterocycles. The van der Waals surface area contributed by atoms with E-state index < -0.39 is 5.82 Å². The molecule has 0 aliphatic carbocycles. The highest BCUT2D eigenvalue weighted by molar-refractivity contribution is 9.10. The normalized spacial score (nSPS) is 11.0. The van der Waals surface area contributed by atoms with E-state index in [0.717, 1.165) is 10.2 Å². The molecule has 2 heterocycles. The third kappa shape index (κ3) is 4.94. The lowest BCUT2D eigenvalue weighted by molar-refractivity contribution is 0.102. The van der Waals surface area contributed by atoms with Gasteiger partial charge in [0.05, 0.1) is 20.9 Å². The van der Waals surface area contributed by atoms with Crippen LogP contribution in [0.25, 0.3) is 5.69 Å². The Morgan fingerprint density at radius 2 is 1.91 bits per heavy atom. The van der Waals surface area contributed by atoms with Gasteiger partial charge in [0.2, 0.25) is 0 Å². The van der Waals surface area contributed by atoms with Crippen molar-refractivity contribution in [2.75, 3.05) is 5.32 Å². The zero-order chi connectivity index (χ0) is 23.7. The number of aryl methyl sites for hydroxylation is 2. The molecule has 2 aromatic heterocycles. The molecule has 0 spiro atoms. The van der Waals surface area contributed by atoms with Crippen molar-refractivity contribution in [1.29, 1.82) is 0 Å². The van der Waals surface area contributed by atoms with E-state index in [2.05, 4.69) is 31.4 Å². The second-order valence-electron chi connectivity index (χ2n) is 7.43. The van der Waals surface area contributed by atoms with Gasteiger partial charge in [0.25, 0.3) is 5.91 Å². The van der Waals surface area contributed by atoms with Crippen molar-refractivity contribution in [3.8, 4) is 11.4 Å². The van der Waals surface area contributed by atoms with Crippen LogP contribution < -0.4 is 10.1 Å². The van der Waals surface area contributed by atoms with Crippen LogP contribution in [0.4, 0.5) is 10.1 Å². The van der Waals surface area contributed by atoms with Crippen LogP contribution in [-0.2, 0) is 13.7 Å². The van der Waals surface area contributed by atoms with E-state index in [4.69, 9.17) is 16.3 Å². The molecular weight excluding hydrogens is 513 g/mol. The highest BCUT2D eigenvalue weighted by Crippen LogP contribution is 2.25. The summed E-state index contributed by atoms with van der Waals surface area (Å²) in [6, 6.07) is 11.1. The van der Waals surface area contributed by atoms with Crippen molar-refractivity contribution in [1.82, 2.24) is 19.6 Å². The highest BCUT2D eigenvalue weighted by atomic mass is 79.9. The van der Waals surface area contributed by atoms with Gasteiger partial charge in [-0.1, -0.05) is 11.6 Å². The number of halogens is 3. The molecule has 4 rings (SSSR count). The van der Waals surface area contributed by atoms with Crippen LogP contribution in [0.2, 0.25) is 5.02 Å². The summed E-state index contributed by atoms with van der Waals surface area (Å²) in [5, 5.41) is 11.8. The maximum Gasteiger partial charge on any atom is 0.255 e. The van der Waals surface area contributed by atoms with Gasteiger partial charge in [-0.3, -0.25) is 9.48 Å². The monoisotopic (exact) mass is 531 g/mol. The number of benzene rings is 2.